The number of hydrogen-bond donors (Lipinski definition) is 0. The van der Waals surface area contributed by atoms with Crippen LogP contribution in [0.2, 0.25) is 0 Å². The van der Waals surface area contributed by atoms with Crippen molar-refractivity contribution in [3.05, 3.63) is 30.4 Å². The Morgan fingerprint density at radius 3 is 2.76 bits per heavy atom. The zero-order chi connectivity index (χ0) is 12.1. The van der Waals surface area contributed by atoms with E-state index in [0.29, 0.717) is 23.4 Å². The van der Waals surface area contributed by atoms with E-state index in [0.717, 1.165) is 6.42 Å². The minimum atomic E-state index is 0.235. The van der Waals surface area contributed by atoms with Gasteiger partial charge in [0, 0.05) is 6.42 Å². The SMILES string of the molecule is CC(C)Cc1noc(COc2cncnc2)n1. The van der Waals surface area contributed by atoms with E-state index in [9.17, 15) is 0 Å². The van der Waals surface area contributed by atoms with Gasteiger partial charge in [-0.25, -0.2) is 9.97 Å². The number of ether oxygens (including phenoxy) is 1. The molecule has 2 heterocycles. The summed E-state index contributed by atoms with van der Waals surface area (Å²) in [6.07, 6.45) is 5.41. The maximum atomic E-state index is 5.39. The number of aromatic nitrogens is 4. The predicted octanol–water partition coefficient (Wildman–Crippen LogP) is 1.64. The molecular weight excluding hydrogens is 220 g/mol. The summed E-state index contributed by atoms with van der Waals surface area (Å²) in [5, 5.41) is 3.87. The Morgan fingerprint density at radius 1 is 1.29 bits per heavy atom. The van der Waals surface area contributed by atoms with Crippen LogP contribution in [-0.2, 0) is 13.0 Å². The predicted molar refractivity (Wildman–Crippen MR) is 59.2 cm³/mol. The van der Waals surface area contributed by atoms with E-state index in [4.69, 9.17) is 9.26 Å². The van der Waals surface area contributed by atoms with Gasteiger partial charge in [-0.3, -0.25) is 0 Å². The normalized spacial score (nSPS) is 10.8. The van der Waals surface area contributed by atoms with Crippen molar-refractivity contribution in [1.82, 2.24) is 20.1 Å². The Kier molecular flexibility index (Phi) is 3.64. The van der Waals surface area contributed by atoms with Crippen molar-refractivity contribution in [2.75, 3.05) is 0 Å². The summed E-state index contributed by atoms with van der Waals surface area (Å²) >= 11 is 0. The van der Waals surface area contributed by atoms with E-state index in [1.165, 1.54) is 6.33 Å². The van der Waals surface area contributed by atoms with E-state index >= 15 is 0 Å². The fourth-order valence-corrected chi connectivity index (χ4v) is 1.30. The maximum absolute atomic E-state index is 5.39. The average Bonchev–Trinajstić information content (AvgIpc) is 2.75. The first-order valence-corrected chi connectivity index (χ1v) is 5.43. The van der Waals surface area contributed by atoms with Gasteiger partial charge in [0.25, 0.3) is 5.89 Å². The Bertz CT molecular complexity index is 456. The van der Waals surface area contributed by atoms with Crippen LogP contribution in [0, 0.1) is 5.92 Å². The molecule has 0 atom stereocenters. The summed E-state index contributed by atoms with van der Waals surface area (Å²) in [5.74, 6) is 2.26. The van der Waals surface area contributed by atoms with Gasteiger partial charge in [0.05, 0.1) is 12.4 Å². The van der Waals surface area contributed by atoms with Crippen molar-refractivity contribution < 1.29 is 9.26 Å². The van der Waals surface area contributed by atoms with Crippen LogP contribution in [0.3, 0.4) is 0 Å². The van der Waals surface area contributed by atoms with Gasteiger partial charge >= 0.3 is 0 Å². The van der Waals surface area contributed by atoms with Gasteiger partial charge in [-0.05, 0) is 5.92 Å². The van der Waals surface area contributed by atoms with Gasteiger partial charge < -0.3 is 9.26 Å². The molecule has 0 saturated heterocycles. The van der Waals surface area contributed by atoms with E-state index in [1.54, 1.807) is 12.4 Å². The Hall–Kier alpha value is -1.98. The molecule has 0 amide bonds. The molecule has 0 bridgehead atoms. The van der Waals surface area contributed by atoms with E-state index in [1.807, 2.05) is 0 Å². The van der Waals surface area contributed by atoms with Crippen LogP contribution in [0.4, 0.5) is 0 Å². The highest BCUT2D eigenvalue weighted by atomic mass is 16.5. The van der Waals surface area contributed by atoms with E-state index in [2.05, 4.69) is 34.0 Å². The lowest BCUT2D eigenvalue weighted by molar-refractivity contribution is 0.241. The molecule has 6 heteroatoms. The van der Waals surface area contributed by atoms with Crippen LogP contribution in [0.25, 0.3) is 0 Å². The van der Waals surface area contributed by atoms with Crippen LogP contribution in [0.1, 0.15) is 25.6 Å². The first-order chi connectivity index (χ1) is 8.24. The van der Waals surface area contributed by atoms with Gasteiger partial charge in [0.1, 0.15) is 6.33 Å². The van der Waals surface area contributed by atoms with Crippen molar-refractivity contribution in [3.8, 4) is 5.75 Å². The molecule has 0 fully saturated rings. The molecule has 0 unspecified atom stereocenters. The summed E-state index contributed by atoms with van der Waals surface area (Å²) in [7, 11) is 0. The smallest absolute Gasteiger partial charge is 0.264 e. The highest BCUT2D eigenvalue weighted by molar-refractivity contribution is 5.09. The van der Waals surface area contributed by atoms with Crippen molar-refractivity contribution in [2.24, 2.45) is 5.92 Å². The van der Waals surface area contributed by atoms with Crippen LogP contribution in [0.5, 0.6) is 5.75 Å². The zero-order valence-corrected chi connectivity index (χ0v) is 9.83. The monoisotopic (exact) mass is 234 g/mol. The summed E-state index contributed by atoms with van der Waals surface area (Å²) in [4.78, 5) is 11.9. The van der Waals surface area contributed by atoms with E-state index in [-0.39, 0.29) is 6.61 Å². The number of nitrogens with zero attached hydrogens (tertiary/aromatic N) is 4. The summed E-state index contributed by atoms with van der Waals surface area (Å²) < 4.78 is 10.4. The first-order valence-electron chi connectivity index (χ1n) is 5.43. The molecule has 0 aromatic carbocycles. The molecule has 2 aromatic heterocycles. The van der Waals surface area contributed by atoms with Crippen molar-refractivity contribution in [2.45, 2.75) is 26.9 Å². The third-order valence-electron chi connectivity index (χ3n) is 2.00. The molecule has 90 valence electrons. The molecule has 0 aliphatic heterocycles. The minimum absolute atomic E-state index is 0.235. The molecule has 0 aliphatic carbocycles. The molecule has 0 radical (unpaired) electrons. The lowest BCUT2D eigenvalue weighted by Crippen LogP contribution is -1.99. The minimum Gasteiger partial charge on any atom is -0.481 e. The topological polar surface area (TPSA) is 73.9 Å². The summed E-state index contributed by atoms with van der Waals surface area (Å²) in [6.45, 7) is 4.44. The molecule has 6 nitrogen and oxygen atoms in total. The molecule has 2 aromatic rings. The van der Waals surface area contributed by atoms with Gasteiger partial charge in [-0.1, -0.05) is 19.0 Å². The van der Waals surface area contributed by atoms with E-state index < -0.39 is 0 Å². The highest BCUT2D eigenvalue weighted by Crippen LogP contribution is 2.09. The quantitative estimate of drug-likeness (QED) is 0.782. The maximum Gasteiger partial charge on any atom is 0.264 e. The Labute approximate surface area is 99.1 Å². The molecule has 0 N–H and O–H groups in total. The van der Waals surface area contributed by atoms with Crippen molar-refractivity contribution >= 4 is 0 Å². The zero-order valence-electron chi connectivity index (χ0n) is 9.83. The second-order valence-electron chi connectivity index (χ2n) is 4.07. The summed E-state index contributed by atoms with van der Waals surface area (Å²) in [6, 6.07) is 0. The number of rotatable bonds is 5. The second-order valence-corrected chi connectivity index (χ2v) is 4.07. The van der Waals surface area contributed by atoms with Crippen LogP contribution in [-0.4, -0.2) is 20.1 Å². The largest absolute Gasteiger partial charge is 0.481 e. The molecule has 17 heavy (non-hydrogen) atoms. The molecule has 0 saturated carbocycles. The highest BCUT2D eigenvalue weighted by Gasteiger charge is 2.08. The van der Waals surface area contributed by atoms with Gasteiger partial charge in [0.15, 0.2) is 18.2 Å². The third-order valence-corrected chi connectivity index (χ3v) is 2.00. The van der Waals surface area contributed by atoms with Crippen LogP contribution in [0.15, 0.2) is 23.2 Å². The van der Waals surface area contributed by atoms with Gasteiger partial charge in [0.2, 0.25) is 0 Å². The average molecular weight is 234 g/mol. The first kappa shape index (κ1) is 11.5. The molecule has 0 spiro atoms. The molecule has 2 rings (SSSR count). The fraction of sp³-hybridized carbons (Fsp3) is 0.455. The fourth-order valence-electron chi connectivity index (χ4n) is 1.30. The number of hydrogen-bond acceptors (Lipinski definition) is 6. The van der Waals surface area contributed by atoms with Gasteiger partial charge in [-0.2, -0.15) is 4.98 Å². The van der Waals surface area contributed by atoms with Gasteiger partial charge in [-0.15, -0.1) is 0 Å². The second kappa shape index (κ2) is 5.38. The Morgan fingerprint density at radius 2 is 2.06 bits per heavy atom. The molecular formula is C11H14N4O2. The standard InChI is InChI=1S/C11H14N4O2/c1-8(2)3-10-14-11(17-15-10)6-16-9-4-12-7-13-5-9/h4-5,7-8H,3,6H2,1-2H3. The molecule has 0 aliphatic rings. The third kappa shape index (κ3) is 3.51. The Balaban J connectivity index is 1.89. The van der Waals surface area contributed by atoms with Crippen molar-refractivity contribution in [3.63, 3.8) is 0 Å². The van der Waals surface area contributed by atoms with Crippen LogP contribution >= 0.6 is 0 Å². The lowest BCUT2D eigenvalue weighted by Gasteiger charge is -2.00. The lowest BCUT2D eigenvalue weighted by atomic mass is 10.1. The summed E-state index contributed by atoms with van der Waals surface area (Å²) in [5.41, 5.74) is 0. The van der Waals surface area contributed by atoms with Crippen molar-refractivity contribution in [1.29, 1.82) is 0 Å². The van der Waals surface area contributed by atoms with Crippen LogP contribution < -0.4 is 4.74 Å².